The minimum atomic E-state index is -1.28. The van der Waals surface area contributed by atoms with Crippen LogP contribution in [0.15, 0.2) is 53.5 Å². The molecule has 5 nitrogen and oxygen atoms in total. The van der Waals surface area contributed by atoms with Gasteiger partial charge in [0.25, 0.3) is 5.91 Å². The molecule has 0 unspecified atom stereocenters. The minimum absolute atomic E-state index is 0.113. The van der Waals surface area contributed by atoms with Crippen molar-refractivity contribution in [3.05, 3.63) is 70.3 Å². The maximum Gasteiger partial charge on any atom is 0.350 e. The molecule has 1 aromatic carbocycles. The third-order valence-electron chi connectivity index (χ3n) is 4.78. The first kappa shape index (κ1) is 16.7. The fourth-order valence-electron chi connectivity index (χ4n) is 3.01. The lowest BCUT2D eigenvalue weighted by molar-refractivity contribution is 0.102. The average Bonchev–Trinajstić information content (AvgIpc) is 2.67. The summed E-state index contributed by atoms with van der Waals surface area (Å²) in [5.74, 6) is -0.721. The van der Waals surface area contributed by atoms with E-state index in [1.165, 1.54) is 10.8 Å². The van der Waals surface area contributed by atoms with E-state index < -0.39 is 17.9 Å². The number of halogens is 1. The van der Waals surface area contributed by atoms with E-state index in [0.29, 0.717) is 11.1 Å². The third-order valence-corrected chi connectivity index (χ3v) is 4.78. The lowest BCUT2D eigenvalue weighted by Gasteiger charge is -2.32. The average molecular weight is 356 g/mol. The molecule has 2 aromatic rings. The molecule has 0 radical (unpaired) electrons. The molecule has 1 aliphatic carbocycles. The Kier molecular flexibility index (Phi) is 4.65. The number of benzene rings is 1. The Morgan fingerprint density at radius 2 is 2.04 bits per heavy atom. The van der Waals surface area contributed by atoms with E-state index in [2.05, 4.69) is 10.3 Å². The van der Waals surface area contributed by atoms with E-state index in [0.717, 1.165) is 0 Å². The zero-order valence-corrected chi connectivity index (χ0v) is 14.7. The lowest BCUT2D eigenvalue weighted by atomic mass is 9.82. The fourth-order valence-corrected chi connectivity index (χ4v) is 3.01. The van der Waals surface area contributed by atoms with Crippen LogP contribution >= 0.6 is 0 Å². The summed E-state index contributed by atoms with van der Waals surface area (Å²) in [5.41, 5.74) is 0.393. The van der Waals surface area contributed by atoms with Crippen molar-refractivity contribution < 1.29 is 10.6 Å². The molecule has 3 rings (SSSR count). The van der Waals surface area contributed by atoms with Gasteiger partial charge in [0, 0.05) is 18.7 Å². The van der Waals surface area contributed by atoms with Crippen molar-refractivity contribution in [1.29, 1.82) is 0 Å². The number of nitrogens with one attached hydrogen (secondary N) is 1. The minimum Gasteiger partial charge on any atom is -0.306 e. The molecule has 0 fully saturated rings. The summed E-state index contributed by atoms with van der Waals surface area (Å²) in [4.78, 5) is 28.7. The van der Waals surface area contributed by atoms with E-state index in [4.69, 9.17) is 1.37 Å². The summed E-state index contributed by atoms with van der Waals surface area (Å²) in [6, 6.07) is 7.86. The van der Waals surface area contributed by atoms with Gasteiger partial charge in [0.05, 0.1) is 6.04 Å². The maximum absolute atomic E-state index is 14.8. The van der Waals surface area contributed by atoms with Crippen LogP contribution in [0.3, 0.4) is 0 Å². The molecule has 4 atom stereocenters. The third kappa shape index (κ3) is 3.45. The van der Waals surface area contributed by atoms with Gasteiger partial charge in [0.2, 0.25) is 0 Å². The number of carbonyl (C=O) groups is 1. The molecule has 6 heteroatoms. The van der Waals surface area contributed by atoms with Gasteiger partial charge >= 0.3 is 5.69 Å². The van der Waals surface area contributed by atoms with Gasteiger partial charge in [-0.05, 0) is 30.9 Å². The second-order valence-electron chi connectivity index (χ2n) is 6.63. The number of allylic oxidation sites excluding steroid dienone is 2. The Balaban J connectivity index is 1.88. The molecule has 1 heterocycles. The summed E-state index contributed by atoms with van der Waals surface area (Å²) in [7, 11) is 0. The molecule has 0 saturated carbocycles. The Bertz CT molecular complexity index is 913. The number of rotatable bonds is 3. The van der Waals surface area contributed by atoms with Crippen LogP contribution in [0.2, 0.25) is 0 Å². The van der Waals surface area contributed by atoms with Gasteiger partial charge in [-0.3, -0.25) is 9.36 Å². The summed E-state index contributed by atoms with van der Waals surface area (Å²) < 4.78 is 23.6. The molecular weight excluding hydrogens is 333 g/mol. The van der Waals surface area contributed by atoms with Gasteiger partial charge < -0.3 is 5.32 Å². The smallest absolute Gasteiger partial charge is 0.306 e. The normalized spacial score (nSPS) is 25.6. The van der Waals surface area contributed by atoms with Crippen LogP contribution in [0, 0.1) is 18.8 Å². The highest BCUT2D eigenvalue weighted by atomic mass is 19.1. The molecular formula is C20H22FN3O2. The Morgan fingerprint density at radius 1 is 1.31 bits per heavy atom. The number of aryl methyl sites for hydroxylation is 1. The van der Waals surface area contributed by atoms with Crippen molar-refractivity contribution in [2.45, 2.75) is 33.0 Å². The number of carbonyl (C=O) groups excluding carboxylic acids is 1. The summed E-state index contributed by atoms with van der Waals surface area (Å²) >= 11 is 0. The largest absolute Gasteiger partial charge is 0.350 e. The van der Waals surface area contributed by atoms with E-state index in [1.807, 2.05) is 0 Å². The zero-order valence-electron chi connectivity index (χ0n) is 15.7. The van der Waals surface area contributed by atoms with Crippen molar-refractivity contribution in [2.75, 3.05) is 5.32 Å². The Hall–Kier alpha value is -2.76. The van der Waals surface area contributed by atoms with E-state index >= 15 is 0 Å². The van der Waals surface area contributed by atoms with Gasteiger partial charge in [0.1, 0.15) is 12.0 Å². The van der Waals surface area contributed by atoms with Crippen molar-refractivity contribution in [2.24, 2.45) is 11.8 Å². The van der Waals surface area contributed by atoms with Crippen molar-refractivity contribution in [1.82, 2.24) is 9.55 Å². The van der Waals surface area contributed by atoms with E-state index in [9.17, 15) is 14.0 Å². The van der Waals surface area contributed by atoms with E-state index in [-0.39, 0.29) is 30.5 Å². The second kappa shape index (κ2) is 7.23. The zero-order chi connectivity index (χ0) is 19.6. The van der Waals surface area contributed by atoms with Crippen LogP contribution in [0.4, 0.5) is 10.2 Å². The second-order valence-corrected chi connectivity index (χ2v) is 6.63. The molecule has 0 bridgehead atoms. The molecule has 1 aromatic heterocycles. The monoisotopic (exact) mass is 356 g/mol. The van der Waals surface area contributed by atoms with Crippen molar-refractivity contribution >= 4 is 11.7 Å². The first-order chi connectivity index (χ1) is 12.9. The van der Waals surface area contributed by atoms with Crippen LogP contribution in [0.25, 0.3) is 0 Å². The summed E-state index contributed by atoms with van der Waals surface area (Å²) in [5, 5.41) is 2.63. The summed E-state index contributed by atoms with van der Waals surface area (Å²) in [6.45, 7) is 3.57. The Morgan fingerprint density at radius 3 is 2.73 bits per heavy atom. The topological polar surface area (TPSA) is 64.0 Å². The highest BCUT2D eigenvalue weighted by Crippen LogP contribution is 2.33. The summed E-state index contributed by atoms with van der Waals surface area (Å²) in [6.07, 6.45) is 3.67. The molecule has 1 N–H and O–H groups in total. The van der Waals surface area contributed by atoms with Crippen LogP contribution in [-0.2, 0) is 0 Å². The molecule has 1 amide bonds. The maximum atomic E-state index is 14.8. The fraction of sp³-hybridized carbons (Fsp3) is 0.350. The SMILES string of the molecule is [2H]C[C@H]1C=C[C@@H](n2cc(C)c(NC(=O)c3ccccc3)nc2=O)[C@H](F)[C@@H]1C. The number of anilines is 1. The van der Waals surface area contributed by atoms with Gasteiger partial charge in [-0.2, -0.15) is 4.98 Å². The van der Waals surface area contributed by atoms with Crippen LogP contribution in [0.5, 0.6) is 0 Å². The van der Waals surface area contributed by atoms with Gasteiger partial charge in [-0.25, -0.2) is 9.18 Å². The van der Waals surface area contributed by atoms with Gasteiger partial charge in [-0.15, -0.1) is 0 Å². The molecule has 26 heavy (non-hydrogen) atoms. The first-order valence-corrected chi connectivity index (χ1v) is 8.50. The molecule has 0 saturated heterocycles. The lowest BCUT2D eigenvalue weighted by Crippen LogP contribution is -2.38. The predicted octanol–water partition coefficient (Wildman–Crippen LogP) is 3.53. The van der Waals surface area contributed by atoms with Crippen molar-refractivity contribution in [3.8, 4) is 0 Å². The number of hydrogen-bond donors (Lipinski definition) is 1. The van der Waals surface area contributed by atoms with Crippen LogP contribution in [-0.4, -0.2) is 21.6 Å². The number of alkyl halides is 1. The highest BCUT2D eigenvalue weighted by Gasteiger charge is 2.33. The highest BCUT2D eigenvalue weighted by molar-refractivity contribution is 6.03. The van der Waals surface area contributed by atoms with Crippen LogP contribution < -0.4 is 11.0 Å². The van der Waals surface area contributed by atoms with Crippen LogP contribution in [0.1, 0.15) is 37.2 Å². The first-order valence-electron chi connectivity index (χ1n) is 9.21. The predicted molar refractivity (Wildman–Crippen MR) is 99.0 cm³/mol. The number of hydrogen-bond acceptors (Lipinski definition) is 3. The molecule has 0 spiro atoms. The van der Waals surface area contributed by atoms with Gasteiger partial charge in [-0.1, -0.05) is 44.2 Å². The standard InChI is InChI=1S/C20H22FN3O2/c1-12-9-10-16(17(21)14(12)3)24-11-13(2)18(23-20(24)26)22-19(25)15-7-5-4-6-8-15/h4-12,14,16-17H,1-3H3,(H,22,23,25,26)/t12-,14+,16+,17+/m0/s1/i1D. The Labute approximate surface area is 153 Å². The molecule has 136 valence electrons. The van der Waals surface area contributed by atoms with Crippen molar-refractivity contribution in [3.63, 3.8) is 0 Å². The number of nitrogens with zero attached hydrogens (tertiary/aromatic N) is 2. The van der Waals surface area contributed by atoms with E-state index in [1.54, 1.807) is 56.3 Å². The number of aromatic nitrogens is 2. The quantitative estimate of drug-likeness (QED) is 0.856. The van der Waals surface area contributed by atoms with Gasteiger partial charge in [0.15, 0.2) is 0 Å². The number of amides is 1. The molecule has 1 aliphatic rings. The molecule has 0 aliphatic heterocycles.